The summed E-state index contributed by atoms with van der Waals surface area (Å²) in [6.07, 6.45) is 11.2. The molecule has 0 aliphatic heterocycles. The lowest BCUT2D eigenvalue weighted by atomic mass is 9.44. The summed E-state index contributed by atoms with van der Waals surface area (Å²) in [6, 6.07) is 0. The Bertz CT molecular complexity index is 490. The van der Waals surface area contributed by atoms with Crippen LogP contribution in [0.5, 0.6) is 0 Å². The van der Waals surface area contributed by atoms with Gasteiger partial charge in [0.25, 0.3) is 0 Å². The van der Waals surface area contributed by atoms with E-state index in [4.69, 9.17) is 5.32 Å². The molecule has 4 aliphatic carbocycles. The molecule has 22 heavy (non-hydrogen) atoms. The predicted molar refractivity (Wildman–Crippen MR) is 93.9 cm³/mol. The number of nitrogens with zero attached hydrogens (tertiary/aromatic N) is 1. The molecular formula is C21H34N-. The Morgan fingerprint density at radius 2 is 1.91 bits per heavy atom. The normalized spacial score (nSPS) is 52.7. The first-order valence-corrected chi connectivity index (χ1v) is 9.66. The molecule has 0 amide bonds. The zero-order valence-corrected chi connectivity index (χ0v) is 15.2. The Morgan fingerprint density at radius 3 is 2.64 bits per heavy atom. The predicted octanol–water partition coefficient (Wildman–Crippen LogP) is 5.81. The zero-order chi connectivity index (χ0) is 15.7. The van der Waals surface area contributed by atoms with Gasteiger partial charge in [0.2, 0.25) is 0 Å². The SMILES string of the molecule is C[N-]C1(C)CCC2C(C)C=C3CC(C)(C)CC4CCC1C2C34. The highest BCUT2D eigenvalue weighted by Gasteiger charge is 2.55. The molecule has 0 aromatic rings. The summed E-state index contributed by atoms with van der Waals surface area (Å²) in [7, 11) is 2.08. The third kappa shape index (κ3) is 2.07. The van der Waals surface area contributed by atoms with Gasteiger partial charge in [-0.15, -0.1) is 5.54 Å². The van der Waals surface area contributed by atoms with E-state index in [1.54, 1.807) is 0 Å². The van der Waals surface area contributed by atoms with Crippen molar-refractivity contribution in [2.45, 2.75) is 71.8 Å². The van der Waals surface area contributed by atoms with E-state index in [9.17, 15) is 0 Å². The highest BCUT2D eigenvalue weighted by atomic mass is 15.0. The molecule has 1 nitrogen and oxygen atoms in total. The number of rotatable bonds is 1. The first-order valence-electron chi connectivity index (χ1n) is 9.66. The number of hydrogen-bond donors (Lipinski definition) is 0. The Hall–Kier alpha value is -0.300. The first-order chi connectivity index (χ1) is 10.3. The molecule has 3 saturated carbocycles. The maximum atomic E-state index is 4.92. The molecule has 3 fully saturated rings. The van der Waals surface area contributed by atoms with Crippen LogP contribution in [-0.2, 0) is 0 Å². The standard InChI is InChI=1S/C21H34N/c1-13-10-15-12-20(2,3)11-14-6-7-17-19(18(14)15)16(13)8-9-21(17,4)22-5/h10,13-14,16-19H,6-9,11-12H2,1-5H3/q-1. The van der Waals surface area contributed by atoms with E-state index in [-0.39, 0.29) is 5.54 Å². The van der Waals surface area contributed by atoms with Gasteiger partial charge in [-0.2, -0.15) is 7.05 Å². The van der Waals surface area contributed by atoms with Crippen molar-refractivity contribution in [2.24, 2.45) is 40.9 Å². The molecule has 0 aromatic carbocycles. The second-order valence-corrected chi connectivity index (χ2v) is 9.98. The number of hydrogen-bond acceptors (Lipinski definition) is 0. The van der Waals surface area contributed by atoms with Crippen LogP contribution in [0.1, 0.15) is 66.2 Å². The summed E-state index contributed by atoms with van der Waals surface area (Å²) in [5.74, 6) is 5.40. The van der Waals surface area contributed by atoms with E-state index in [2.05, 4.69) is 40.8 Å². The van der Waals surface area contributed by atoms with Crippen LogP contribution in [0, 0.1) is 40.9 Å². The molecule has 0 saturated heterocycles. The quantitative estimate of drug-likeness (QED) is 0.542. The fraction of sp³-hybridized carbons (Fsp3) is 0.905. The monoisotopic (exact) mass is 300 g/mol. The van der Waals surface area contributed by atoms with Crippen molar-refractivity contribution in [1.29, 1.82) is 0 Å². The zero-order valence-electron chi connectivity index (χ0n) is 15.2. The van der Waals surface area contributed by atoms with Crippen molar-refractivity contribution in [2.75, 3.05) is 7.05 Å². The molecular weight excluding hydrogens is 266 g/mol. The molecule has 0 N–H and O–H groups in total. The van der Waals surface area contributed by atoms with Crippen molar-refractivity contribution in [3.63, 3.8) is 0 Å². The van der Waals surface area contributed by atoms with E-state index < -0.39 is 0 Å². The minimum absolute atomic E-state index is 0.265. The van der Waals surface area contributed by atoms with E-state index in [1.807, 2.05) is 5.57 Å². The van der Waals surface area contributed by atoms with Crippen molar-refractivity contribution < 1.29 is 0 Å². The van der Waals surface area contributed by atoms with Gasteiger partial charge in [0.15, 0.2) is 0 Å². The Kier molecular flexibility index (Phi) is 3.36. The van der Waals surface area contributed by atoms with E-state index in [1.165, 1.54) is 38.5 Å². The van der Waals surface area contributed by atoms with E-state index >= 15 is 0 Å². The highest BCUT2D eigenvalue weighted by Crippen LogP contribution is 2.64. The summed E-state index contributed by atoms with van der Waals surface area (Å²) in [4.78, 5) is 0. The van der Waals surface area contributed by atoms with Gasteiger partial charge < -0.3 is 5.32 Å². The molecule has 7 atom stereocenters. The second-order valence-electron chi connectivity index (χ2n) is 9.98. The van der Waals surface area contributed by atoms with Gasteiger partial charge in [-0.1, -0.05) is 64.5 Å². The Morgan fingerprint density at radius 1 is 1.14 bits per heavy atom. The molecule has 0 heterocycles. The summed E-state index contributed by atoms with van der Waals surface area (Å²) < 4.78 is 0. The third-order valence-corrected chi connectivity index (χ3v) is 8.10. The maximum absolute atomic E-state index is 4.92. The highest BCUT2D eigenvalue weighted by molar-refractivity contribution is 5.27. The lowest BCUT2D eigenvalue weighted by Crippen LogP contribution is -2.56. The van der Waals surface area contributed by atoms with Crippen molar-refractivity contribution in [1.82, 2.24) is 0 Å². The molecule has 0 spiro atoms. The largest absolute Gasteiger partial charge is 0.659 e. The van der Waals surface area contributed by atoms with Crippen LogP contribution < -0.4 is 0 Å². The van der Waals surface area contributed by atoms with Crippen LogP contribution in [0.25, 0.3) is 5.32 Å². The van der Waals surface area contributed by atoms with Crippen LogP contribution in [0.3, 0.4) is 0 Å². The lowest BCUT2D eigenvalue weighted by Gasteiger charge is -2.66. The summed E-state index contributed by atoms with van der Waals surface area (Å²) in [5.41, 5.74) is 2.64. The third-order valence-electron chi connectivity index (χ3n) is 8.10. The van der Waals surface area contributed by atoms with Gasteiger partial charge in [0, 0.05) is 0 Å². The lowest BCUT2D eigenvalue weighted by molar-refractivity contribution is -0.0527. The van der Waals surface area contributed by atoms with Gasteiger partial charge in [0.1, 0.15) is 0 Å². The van der Waals surface area contributed by atoms with Gasteiger partial charge >= 0.3 is 0 Å². The van der Waals surface area contributed by atoms with Gasteiger partial charge in [-0.25, -0.2) is 0 Å². The van der Waals surface area contributed by atoms with Gasteiger partial charge in [-0.05, 0) is 54.3 Å². The first kappa shape index (κ1) is 15.2. The number of allylic oxidation sites excluding steroid dienone is 2. The Balaban J connectivity index is 1.76. The van der Waals surface area contributed by atoms with Crippen LogP contribution in [0.2, 0.25) is 0 Å². The Labute approximate surface area is 137 Å². The molecule has 0 radical (unpaired) electrons. The molecule has 7 unspecified atom stereocenters. The van der Waals surface area contributed by atoms with Gasteiger partial charge in [0.05, 0.1) is 0 Å². The molecule has 0 aromatic heterocycles. The summed E-state index contributed by atoms with van der Waals surface area (Å²) in [6.45, 7) is 9.96. The smallest absolute Gasteiger partial charge is 0.0141 e. The van der Waals surface area contributed by atoms with E-state index in [0.29, 0.717) is 5.41 Å². The maximum Gasteiger partial charge on any atom is -0.0141 e. The van der Waals surface area contributed by atoms with Crippen molar-refractivity contribution in [3.8, 4) is 0 Å². The van der Waals surface area contributed by atoms with Crippen LogP contribution in [-0.4, -0.2) is 12.6 Å². The molecule has 0 bridgehead atoms. The fourth-order valence-electron chi connectivity index (χ4n) is 7.21. The van der Waals surface area contributed by atoms with Crippen LogP contribution in [0.4, 0.5) is 0 Å². The van der Waals surface area contributed by atoms with Crippen molar-refractivity contribution >= 4 is 0 Å². The van der Waals surface area contributed by atoms with Crippen molar-refractivity contribution in [3.05, 3.63) is 17.0 Å². The van der Waals surface area contributed by atoms with Crippen LogP contribution in [0.15, 0.2) is 11.6 Å². The summed E-state index contributed by atoms with van der Waals surface area (Å²) in [5, 5.41) is 4.92. The van der Waals surface area contributed by atoms with Gasteiger partial charge in [-0.3, -0.25) is 0 Å². The summed E-state index contributed by atoms with van der Waals surface area (Å²) >= 11 is 0. The molecule has 4 rings (SSSR count). The average molecular weight is 301 g/mol. The van der Waals surface area contributed by atoms with Crippen LogP contribution >= 0.6 is 0 Å². The minimum atomic E-state index is 0.265. The minimum Gasteiger partial charge on any atom is -0.659 e. The molecule has 124 valence electrons. The molecule has 1 heteroatoms. The molecule has 4 aliphatic rings. The van der Waals surface area contributed by atoms with E-state index in [0.717, 1.165) is 35.5 Å². The topological polar surface area (TPSA) is 14.1 Å². The average Bonchev–Trinajstić information content (AvgIpc) is 2.45. The fourth-order valence-corrected chi connectivity index (χ4v) is 7.21. The second kappa shape index (κ2) is 4.85.